The van der Waals surface area contributed by atoms with Crippen molar-refractivity contribution in [1.82, 2.24) is 15.1 Å². The molecule has 0 bridgehead atoms. The number of aromatic nitrogens is 2. The molecule has 0 spiro atoms. The first-order valence-corrected chi connectivity index (χ1v) is 7.09. The molecule has 2 rings (SSSR count). The Labute approximate surface area is 123 Å². The van der Waals surface area contributed by atoms with Crippen molar-refractivity contribution in [1.29, 1.82) is 0 Å². The molecule has 5 heteroatoms. The zero-order valence-corrected chi connectivity index (χ0v) is 12.5. The van der Waals surface area contributed by atoms with E-state index in [-0.39, 0.29) is 5.82 Å². The minimum atomic E-state index is -0.297. The molecule has 108 valence electrons. The molecule has 0 aliphatic heterocycles. The maximum absolute atomic E-state index is 13.8. The molecule has 0 saturated heterocycles. The van der Waals surface area contributed by atoms with Crippen LogP contribution in [-0.4, -0.2) is 16.3 Å². The quantitative estimate of drug-likeness (QED) is 0.884. The van der Waals surface area contributed by atoms with Gasteiger partial charge in [0.05, 0.1) is 12.2 Å². The number of nitrogens with zero attached hydrogens (tertiary/aromatic N) is 2. The van der Waals surface area contributed by atoms with Gasteiger partial charge < -0.3 is 5.32 Å². The molecule has 0 radical (unpaired) electrons. The lowest BCUT2D eigenvalue weighted by atomic mass is 10.2. The topological polar surface area (TPSA) is 29.9 Å². The highest BCUT2D eigenvalue weighted by Crippen LogP contribution is 2.16. The van der Waals surface area contributed by atoms with Crippen LogP contribution in [0, 0.1) is 11.7 Å². The second-order valence-corrected chi connectivity index (χ2v) is 5.68. The zero-order chi connectivity index (χ0) is 14.5. The molecule has 0 fully saturated rings. The average Bonchev–Trinajstić information content (AvgIpc) is 2.80. The van der Waals surface area contributed by atoms with Gasteiger partial charge in [0.25, 0.3) is 0 Å². The monoisotopic (exact) mass is 295 g/mol. The lowest BCUT2D eigenvalue weighted by Crippen LogP contribution is -2.21. The van der Waals surface area contributed by atoms with Crippen LogP contribution in [0.4, 0.5) is 4.39 Å². The van der Waals surface area contributed by atoms with Crippen LogP contribution >= 0.6 is 11.6 Å². The van der Waals surface area contributed by atoms with E-state index in [1.54, 1.807) is 23.0 Å². The normalized spacial score (nSPS) is 11.2. The fourth-order valence-electron chi connectivity index (χ4n) is 1.95. The van der Waals surface area contributed by atoms with Crippen LogP contribution in [0.2, 0.25) is 5.02 Å². The van der Waals surface area contributed by atoms with Crippen LogP contribution in [0.15, 0.2) is 30.5 Å². The lowest BCUT2D eigenvalue weighted by molar-refractivity contribution is 0.523. The van der Waals surface area contributed by atoms with Crippen molar-refractivity contribution in [3.05, 3.63) is 52.6 Å². The predicted octanol–water partition coefficient (Wildman–Crippen LogP) is 3.47. The summed E-state index contributed by atoms with van der Waals surface area (Å²) < 4.78 is 15.6. The highest BCUT2D eigenvalue weighted by atomic mass is 35.5. The summed E-state index contributed by atoms with van der Waals surface area (Å²) in [6.07, 6.45) is 1.74. The predicted molar refractivity (Wildman–Crippen MR) is 79.3 cm³/mol. The third-order valence-electron chi connectivity index (χ3n) is 3.00. The minimum Gasteiger partial charge on any atom is -0.311 e. The second-order valence-electron chi connectivity index (χ2n) is 5.24. The van der Waals surface area contributed by atoms with E-state index in [1.165, 1.54) is 6.07 Å². The second kappa shape index (κ2) is 6.86. The van der Waals surface area contributed by atoms with E-state index < -0.39 is 0 Å². The number of nitrogens with one attached hydrogen (secondary N) is 1. The molecule has 1 N–H and O–H groups in total. The van der Waals surface area contributed by atoms with Crippen LogP contribution in [0.25, 0.3) is 0 Å². The summed E-state index contributed by atoms with van der Waals surface area (Å²) in [7, 11) is 0. The molecule has 0 atom stereocenters. The Balaban J connectivity index is 2.04. The van der Waals surface area contributed by atoms with Crippen molar-refractivity contribution in [3.63, 3.8) is 0 Å². The zero-order valence-electron chi connectivity index (χ0n) is 11.7. The third-order valence-corrected chi connectivity index (χ3v) is 3.23. The van der Waals surface area contributed by atoms with Crippen LogP contribution < -0.4 is 5.32 Å². The molecule has 1 aromatic heterocycles. The highest BCUT2D eigenvalue weighted by molar-refractivity contribution is 6.30. The Morgan fingerprint density at radius 3 is 2.85 bits per heavy atom. The first-order valence-electron chi connectivity index (χ1n) is 6.71. The van der Waals surface area contributed by atoms with Gasteiger partial charge in [0, 0.05) is 23.3 Å². The van der Waals surface area contributed by atoms with Gasteiger partial charge in [-0.1, -0.05) is 31.5 Å². The maximum Gasteiger partial charge on any atom is 0.129 e. The summed E-state index contributed by atoms with van der Waals surface area (Å²) in [5, 5.41) is 8.02. The number of rotatable bonds is 6. The molecule has 2 aromatic rings. The van der Waals surface area contributed by atoms with E-state index >= 15 is 0 Å². The molecule has 0 saturated carbocycles. The summed E-state index contributed by atoms with van der Waals surface area (Å²) in [6, 6.07) is 6.67. The van der Waals surface area contributed by atoms with Crippen LogP contribution in [0.5, 0.6) is 0 Å². The van der Waals surface area contributed by atoms with E-state index in [0.29, 0.717) is 23.0 Å². The third kappa shape index (κ3) is 4.05. The average molecular weight is 296 g/mol. The molecule has 1 heterocycles. The summed E-state index contributed by atoms with van der Waals surface area (Å²) in [4.78, 5) is 0. The van der Waals surface area contributed by atoms with Crippen molar-refractivity contribution in [2.45, 2.75) is 26.9 Å². The van der Waals surface area contributed by atoms with Gasteiger partial charge in [-0.05, 0) is 30.7 Å². The van der Waals surface area contributed by atoms with Gasteiger partial charge in [-0.2, -0.15) is 5.10 Å². The van der Waals surface area contributed by atoms with Gasteiger partial charge in [-0.25, -0.2) is 4.39 Å². The van der Waals surface area contributed by atoms with Crippen LogP contribution in [0.1, 0.15) is 25.1 Å². The SMILES string of the molecule is CC(C)CNCc1ccnn1Cc1ccc(Cl)cc1F. The first-order chi connectivity index (χ1) is 9.56. The number of hydrogen-bond donors (Lipinski definition) is 1. The van der Waals surface area contributed by atoms with E-state index in [2.05, 4.69) is 24.3 Å². The van der Waals surface area contributed by atoms with Gasteiger partial charge >= 0.3 is 0 Å². The highest BCUT2D eigenvalue weighted by Gasteiger charge is 2.07. The molecule has 3 nitrogen and oxygen atoms in total. The van der Waals surface area contributed by atoms with Crippen LogP contribution in [0.3, 0.4) is 0 Å². The minimum absolute atomic E-state index is 0.297. The molecule has 0 aliphatic carbocycles. The molecule has 0 aliphatic rings. The van der Waals surface area contributed by atoms with Gasteiger partial charge in [0.15, 0.2) is 0 Å². The van der Waals surface area contributed by atoms with Gasteiger partial charge in [-0.15, -0.1) is 0 Å². The maximum atomic E-state index is 13.8. The molecule has 20 heavy (non-hydrogen) atoms. The number of halogens is 2. The number of hydrogen-bond acceptors (Lipinski definition) is 2. The molecular formula is C15H19ClFN3. The smallest absolute Gasteiger partial charge is 0.129 e. The van der Waals surface area contributed by atoms with E-state index in [0.717, 1.165) is 18.8 Å². The Bertz CT molecular complexity index is 566. The lowest BCUT2D eigenvalue weighted by Gasteiger charge is -2.11. The Morgan fingerprint density at radius 2 is 2.15 bits per heavy atom. The van der Waals surface area contributed by atoms with Crippen molar-refractivity contribution in [3.8, 4) is 0 Å². The van der Waals surface area contributed by atoms with Crippen molar-refractivity contribution >= 4 is 11.6 Å². The van der Waals surface area contributed by atoms with Crippen molar-refractivity contribution in [2.24, 2.45) is 5.92 Å². The Morgan fingerprint density at radius 1 is 1.35 bits per heavy atom. The summed E-state index contributed by atoms with van der Waals surface area (Å²) in [5.74, 6) is 0.300. The van der Waals surface area contributed by atoms with Crippen molar-refractivity contribution < 1.29 is 4.39 Å². The van der Waals surface area contributed by atoms with Gasteiger partial charge in [-0.3, -0.25) is 4.68 Å². The van der Waals surface area contributed by atoms with E-state index in [4.69, 9.17) is 11.6 Å². The Kier molecular flexibility index (Phi) is 5.15. The molecule has 1 aromatic carbocycles. The Hall–Kier alpha value is -1.39. The van der Waals surface area contributed by atoms with E-state index in [9.17, 15) is 4.39 Å². The standard InChI is InChI=1S/C15H19ClFN3/c1-11(2)8-18-9-14-5-6-19-20(14)10-12-3-4-13(16)7-15(12)17/h3-7,11,18H,8-10H2,1-2H3. The van der Waals surface area contributed by atoms with Gasteiger partial charge in [0.2, 0.25) is 0 Å². The van der Waals surface area contributed by atoms with Crippen molar-refractivity contribution in [2.75, 3.05) is 6.54 Å². The number of benzene rings is 1. The fourth-order valence-corrected chi connectivity index (χ4v) is 2.11. The summed E-state index contributed by atoms with van der Waals surface area (Å²) >= 11 is 5.76. The summed E-state index contributed by atoms with van der Waals surface area (Å²) in [6.45, 7) is 6.41. The molecular weight excluding hydrogens is 277 g/mol. The fraction of sp³-hybridized carbons (Fsp3) is 0.400. The molecule has 0 unspecified atom stereocenters. The molecule has 0 amide bonds. The van der Waals surface area contributed by atoms with Gasteiger partial charge in [0.1, 0.15) is 5.82 Å². The van der Waals surface area contributed by atoms with E-state index in [1.807, 2.05) is 6.07 Å². The first kappa shape index (κ1) is 15.0. The van der Waals surface area contributed by atoms with Crippen LogP contribution in [-0.2, 0) is 13.1 Å². The largest absolute Gasteiger partial charge is 0.311 e. The summed E-state index contributed by atoms with van der Waals surface area (Å²) in [5.41, 5.74) is 1.63.